The van der Waals surface area contributed by atoms with Crippen LogP contribution in [0.15, 0.2) is 0 Å². The van der Waals surface area contributed by atoms with Crippen LogP contribution in [-0.2, 0) is 0 Å². The molecule has 0 saturated carbocycles. The molecule has 0 spiro atoms. The van der Waals surface area contributed by atoms with Gasteiger partial charge in [0.25, 0.3) is 0 Å². The lowest BCUT2D eigenvalue weighted by Crippen LogP contribution is -2.44. The summed E-state index contributed by atoms with van der Waals surface area (Å²) in [6, 6.07) is 0.0156. The monoisotopic (exact) mass is 256 g/mol. The normalized spacial score (nSPS) is 20.2. The fourth-order valence-electron chi connectivity index (χ4n) is 2.37. The lowest BCUT2D eigenvalue weighted by Gasteiger charge is -2.23. The van der Waals surface area contributed by atoms with Crippen molar-refractivity contribution in [2.24, 2.45) is 5.41 Å². The molecule has 4 nitrogen and oxygen atoms in total. The Hall–Kier alpha value is -0.770. The molecule has 4 heteroatoms. The minimum atomic E-state index is -0.0118. The minimum Gasteiger partial charge on any atom is -0.394 e. The van der Waals surface area contributed by atoms with Crippen molar-refractivity contribution in [3.8, 4) is 0 Å². The molecule has 1 aliphatic rings. The number of nitrogens with one attached hydrogen (secondary N) is 1. The average molecular weight is 256 g/mol. The fourth-order valence-corrected chi connectivity index (χ4v) is 2.37. The maximum Gasteiger partial charge on any atom is 0.317 e. The third-order valence-corrected chi connectivity index (χ3v) is 3.48. The Kier molecular flexibility index (Phi) is 5.93. The molecule has 0 aromatic heterocycles. The van der Waals surface area contributed by atoms with E-state index in [4.69, 9.17) is 5.11 Å². The SMILES string of the molecule is CC(C)(C)CCCCNC(=O)N1CCCC1CO. The van der Waals surface area contributed by atoms with E-state index in [2.05, 4.69) is 26.1 Å². The van der Waals surface area contributed by atoms with E-state index in [0.29, 0.717) is 5.41 Å². The highest BCUT2D eigenvalue weighted by molar-refractivity contribution is 5.74. The van der Waals surface area contributed by atoms with Crippen LogP contribution in [-0.4, -0.2) is 41.8 Å². The molecule has 0 aliphatic carbocycles. The van der Waals surface area contributed by atoms with Crippen LogP contribution in [0.5, 0.6) is 0 Å². The summed E-state index contributed by atoms with van der Waals surface area (Å²) < 4.78 is 0. The molecule has 1 fully saturated rings. The summed E-state index contributed by atoms with van der Waals surface area (Å²) in [5, 5.41) is 12.1. The van der Waals surface area contributed by atoms with Gasteiger partial charge in [-0.1, -0.05) is 27.2 Å². The maximum absolute atomic E-state index is 11.9. The van der Waals surface area contributed by atoms with Crippen molar-refractivity contribution in [3.63, 3.8) is 0 Å². The van der Waals surface area contributed by atoms with E-state index in [1.165, 1.54) is 6.42 Å². The lowest BCUT2D eigenvalue weighted by atomic mass is 9.90. The Morgan fingerprint density at radius 1 is 1.39 bits per heavy atom. The van der Waals surface area contributed by atoms with Crippen LogP contribution in [0.4, 0.5) is 4.79 Å². The van der Waals surface area contributed by atoms with Crippen molar-refractivity contribution < 1.29 is 9.90 Å². The van der Waals surface area contributed by atoms with Crippen LogP contribution in [0, 0.1) is 5.41 Å². The van der Waals surface area contributed by atoms with Crippen LogP contribution in [0.3, 0.4) is 0 Å². The van der Waals surface area contributed by atoms with Crippen molar-refractivity contribution in [1.29, 1.82) is 0 Å². The lowest BCUT2D eigenvalue weighted by molar-refractivity contribution is 0.157. The second kappa shape index (κ2) is 6.98. The zero-order valence-electron chi connectivity index (χ0n) is 12.0. The molecule has 1 heterocycles. The van der Waals surface area contributed by atoms with Gasteiger partial charge in [0.2, 0.25) is 0 Å². The van der Waals surface area contributed by atoms with E-state index in [9.17, 15) is 4.79 Å². The van der Waals surface area contributed by atoms with Crippen LogP contribution in [0.2, 0.25) is 0 Å². The summed E-state index contributed by atoms with van der Waals surface area (Å²) in [5.41, 5.74) is 0.376. The second-order valence-electron chi connectivity index (χ2n) is 6.42. The standard InChI is InChI=1S/C14H28N2O2/c1-14(2,3)8-4-5-9-15-13(18)16-10-6-7-12(16)11-17/h12,17H,4-11H2,1-3H3,(H,15,18). The van der Waals surface area contributed by atoms with Crippen molar-refractivity contribution >= 4 is 6.03 Å². The molecular weight excluding hydrogens is 228 g/mol. The molecule has 0 radical (unpaired) electrons. The molecule has 2 amide bonds. The topological polar surface area (TPSA) is 52.6 Å². The Morgan fingerprint density at radius 2 is 2.11 bits per heavy atom. The Labute approximate surface area is 111 Å². The summed E-state index contributed by atoms with van der Waals surface area (Å²) in [7, 11) is 0. The highest BCUT2D eigenvalue weighted by Gasteiger charge is 2.27. The smallest absolute Gasteiger partial charge is 0.317 e. The molecule has 1 atom stereocenters. The Bertz CT molecular complexity index is 261. The van der Waals surface area contributed by atoms with Crippen molar-refractivity contribution in [2.45, 2.75) is 58.9 Å². The molecule has 0 aromatic rings. The van der Waals surface area contributed by atoms with Gasteiger partial charge in [0, 0.05) is 13.1 Å². The quantitative estimate of drug-likeness (QED) is 0.742. The first-order valence-corrected chi connectivity index (χ1v) is 7.09. The summed E-state index contributed by atoms with van der Waals surface area (Å²) in [5.74, 6) is 0. The summed E-state index contributed by atoms with van der Waals surface area (Å²) in [4.78, 5) is 13.6. The van der Waals surface area contributed by atoms with Gasteiger partial charge in [0.1, 0.15) is 0 Å². The van der Waals surface area contributed by atoms with Crippen LogP contribution < -0.4 is 5.32 Å². The van der Waals surface area contributed by atoms with Gasteiger partial charge in [-0.05, 0) is 31.1 Å². The van der Waals surface area contributed by atoms with E-state index in [1.54, 1.807) is 4.90 Å². The number of hydrogen-bond donors (Lipinski definition) is 2. The number of hydrogen-bond acceptors (Lipinski definition) is 2. The van der Waals surface area contributed by atoms with Crippen molar-refractivity contribution in [3.05, 3.63) is 0 Å². The highest BCUT2D eigenvalue weighted by atomic mass is 16.3. The first-order chi connectivity index (χ1) is 8.44. The maximum atomic E-state index is 11.9. The zero-order chi connectivity index (χ0) is 13.6. The highest BCUT2D eigenvalue weighted by Crippen LogP contribution is 2.21. The third kappa shape index (κ3) is 5.25. The van der Waals surface area contributed by atoms with Gasteiger partial charge in [0.05, 0.1) is 12.6 Å². The van der Waals surface area contributed by atoms with Gasteiger partial charge < -0.3 is 15.3 Å². The van der Waals surface area contributed by atoms with Gasteiger partial charge in [0.15, 0.2) is 0 Å². The Morgan fingerprint density at radius 3 is 2.72 bits per heavy atom. The Balaban J connectivity index is 2.14. The minimum absolute atomic E-state index is 0.0118. The van der Waals surface area contributed by atoms with Crippen molar-refractivity contribution in [1.82, 2.24) is 10.2 Å². The van der Waals surface area contributed by atoms with E-state index < -0.39 is 0 Å². The van der Waals surface area contributed by atoms with Crippen molar-refractivity contribution in [2.75, 3.05) is 19.7 Å². The third-order valence-electron chi connectivity index (χ3n) is 3.48. The average Bonchev–Trinajstić information content (AvgIpc) is 2.74. The number of carbonyl (C=O) groups is 1. The van der Waals surface area contributed by atoms with Crippen LogP contribution in [0.25, 0.3) is 0 Å². The first-order valence-electron chi connectivity index (χ1n) is 7.09. The summed E-state index contributed by atoms with van der Waals surface area (Å²) >= 11 is 0. The molecule has 0 bridgehead atoms. The van der Waals surface area contributed by atoms with E-state index >= 15 is 0 Å². The first kappa shape index (κ1) is 15.3. The number of aliphatic hydroxyl groups is 1. The van der Waals surface area contributed by atoms with Gasteiger partial charge in [-0.3, -0.25) is 0 Å². The number of nitrogens with zero attached hydrogens (tertiary/aromatic N) is 1. The second-order valence-corrected chi connectivity index (χ2v) is 6.42. The zero-order valence-corrected chi connectivity index (χ0v) is 12.0. The number of unbranched alkanes of at least 4 members (excludes halogenated alkanes) is 1. The number of likely N-dealkylation sites (tertiary alicyclic amines) is 1. The largest absolute Gasteiger partial charge is 0.394 e. The van der Waals surface area contributed by atoms with E-state index in [-0.39, 0.29) is 18.7 Å². The van der Waals surface area contributed by atoms with Crippen LogP contribution >= 0.6 is 0 Å². The molecular formula is C14H28N2O2. The molecule has 1 saturated heterocycles. The van der Waals surface area contributed by atoms with Gasteiger partial charge >= 0.3 is 6.03 Å². The molecule has 106 valence electrons. The van der Waals surface area contributed by atoms with E-state index in [1.807, 2.05) is 0 Å². The number of aliphatic hydroxyl groups excluding tert-OH is 1. The molecule has 18 heavy (non-hydrogen) atoms. The molecule has 1 unspecified atom stereocenters. The number of carbonyl (C=O) groups excluding carboxylic acids is 1. The van der Waals surface area contributed by atoms with Crippen LogP contribution in [0.1, 0.15) is 52.9 Å². The summed E-state index contributed by atoms with van der Waals surface area (Å²) in [6.45, 7) is 8.31. The fraction of sp³-hybridized carbons (Fsp3) is 0.929. The summed E-state index contributed by atoms with van der Waals surface area (Å²) in [6.07, 6.45) is 5.29. The molecule has 0 aromatic carbocycles. The van der Waals surface area contributed by atoms with E-state index in [0.717, 1.165) is 38.8 Å². The predicted molar refractivity (Wildman–Crippen MR) is 73.5 cm³/mol. The van der Waals surface area contributed by atoms with Gasteiger partial charge in [-0.2, -0.15) is 0 Å². The molecule has 1 rings (SSSR count). The number of rotatable bonds is 5. The molecule has 2 N–H and O–H groups in total. The van der Waals surface area contributed by atoms with Gasteiger partial charge in [-0.15, -0.1) is 0 Å². The predicted octanol–water partition coefficient (Wildman–Crippen LogP) is 2.37. The molecule has 1 aliphatic heterocycles. The van der Waals surface area contributed by atoms with Gasteiger partial charge in [-0.25, -0.2) is 4.79 Å². The number of urea groups is 1. The number of amides is 2.